The number of amides is 2. The van der Waals surface area contributed by atoms with Crippen molar-refractivity contribution >= 4 is 12.2 Å². The molecule has 2 atom stereocenters. The van der Waals surface area contributed by atoms with Gasteiger partial charge < -0.3 is 19.5 Å². The Morgan fingerprint density at radius 2 is 1.50 bits per heavy atom. The average molecular weight is 415 g/mol. The van der Waals surface area contributed by atoms with Gasteiger partial charge in [0.25, 0.3) is 0 Å². The van der Waals surface area contributed by atoms with Crippen LogP contribution in [-0.2, 0) is 20.8 Å². The van der Waals surface area contributed by atoms with Gasteiger partial charge in [0, 0.05) is 13.5 Å². The minimum Gasteiger partial charge on any atom is -0.445 e. The molecule has 2 amide bonds. The highest BCUT2D eigenvalue weighted by atomic mass is 16.6. The molecule has 2 aromatic rings. The fraction of sp³-hybridized carbons (Fsp3) is 0.391. The molecule has 0 fully saturated rings. The van der Waals surface area contributed by atoms with Gasteiger partial charge in [-0.2, -0.15) is 0 Å². The molecule has 7 nitrogen and oxygen atoms in total. The Morgan fingerprint density at radius 1 is 0.900 bits per heavy atom. The minimum absolute atomic E-state index is 0.154. The maximum absolute atomic E-state index is 12.3. The monoisotopic (exact) mass is 414 g/mol. The number of benzene rings is 2. The second-order valence-electron chi connectivity index (χ2n) is 7.78. The summed E-state index contributed by atoms with van der Waals surface area (Å²) < 4.78 is 16.0. The zero-order valence-electron chi connectivity index (χ0n) is 17.9. The Bertz CT molecular complexity index is 790. The third-order valence-corrected chi connectivity index (χ3v) is 4.12. The second-order valence-corrected chi connectivity index (χ2v) is 7.78. The largest absolute Gasteiger partial charge is 0.445 e. The topological polar surface area (TPSA) is 85.9 Å². The van der Waals surface area contributed by atoms with E-state index in [0.29, 0.717) is 6.42 Å². The maximum Gasteiger partial charge on any atom is 0.409 e. The summed E-state index contributed by atoms with van der Waals surface area (Å²) in [6, 6.07) is 18.4. The molecule has 0 aromatic heterocycles. The van der Waals surface area contributed by atoms with E-state index in [1.54, 1.807) is 20.8 Å². The molecule has 7 heteroatoms. The fourth-order valence-electron chi connectivity index (χ4n) is 2.74. The van der Waals surface area contributed by atoms with Gasteiger partial charge in [-0.25, -0.2) is 9.59 Å². The lowest BCUT2D eigenvalue weighted by Gasteiger charge is -2.26. The van der Waals surface area contributed by atoms with Crippen LogP contribution in [0.3, 0.4) is 0 Å². The lowest BCUT2D eigenvalue weighted by molar-refractivity contribution is 0.0371. The van der Waals surface area contributed by atoms with Crippen molar-refractivity contribution in [2.24, 2.45) is 0 Å². The third kappa shape index (κ3) is 8.53. The summed E-state index contributed by atoms with van der Waals surface area (Å²) in [7, 11) is 1.48. The highest BCUT2D eigenvalue weighted by Crippen LogP contribution is 2.20. The van der Waals surface area contributed by atoms with Gasteiger partial charge in [0.15, 0.2) is 0 Å². The van der Waals surface area contributed by atoms with Crippen LogP contribution in [0.5, 0.6) is 0 Å². The van der Waals surface area contributed by atoms with Crippen LogP contribution in [0, 0.1) is 0 Å². The van der Waals surface area contributed by atoms with Crippen molar-refractivity contribution in [3.8, 4) is 0 Å². The summed E-state index contributed by atoms with van der Waals surface area (Å²) in [5.41, 5.74) is 1.13. The van der Waals surface area contributed by atoms with E-state index in [-0.39, 0.29) is 6.61 Å². The SMILES string of the molecule is COC(C[C@H](NC(=O)OC(C)(C)C)c1ccccc1)NC(=O)OCc1ccccc1. The number of carbonyl (C=O) groups is 2. The summed E-state index contributed by atoms with van der Waals surface area (Å²) in [5, 5.41) is 5.54. The van der Waals surface area contributed by atoms with Gasteiger partial charge in [-0.1, -0.05) is 60.7 Å². The van der Waals surface area contributed by atoms with Gasteiger partial charge in [-0.05, 0) is 31.9 Å². The molecule has 30 heavy (non-hydrogen) atoms. The number of nitrogens with one attached hydrogen (secondary N) is 2. The van der Waals surface area contributed by atoms with Crippen LogP contribution in [0.25, 0.3) is 0 Å². The molecule has 162 valence electrons. The van der Waals surface area contributed by atoms with Crippen molar-refractivity contribution in [1.29, 1.82) is 0 Å². The number of rotatable bonds is 8. The molecule has 0 saturated heterocycles. The number of methoxy groups -OCH3 is 1. The van der Waals surface area contributed by atoms with E-state index in [9.17, 15) is 9.59 Å². The van der Waals surface area contributed by atoms with Crippen molar-refractivity contribution < 1.29 is 23.8 Å². The van der Waals surface area contributed by atoms with E-state index in [4.69, 9.17) is 14.2 Å². The van der Waals surface area contributed by atoms with E-state index >= 15 is 0 Å². The van der Waals surface area contributed by atoms with Gasteiger partial charge >= 0.3 is 12.2 Å². The highest BCUT2D eigenvalue weighted by Gasteiger charge is 2.24. The van der Waals surface area contributed by atoms with Crippen molar-refractivity contribution in [2.45, 2.75) is 51.7 Å². The highest BCUT2D eigenvalue weighted by molar-refractivity contribution is 5.69. The Labute approximate surface area is 177 Å². The van der Waals surface area contributed by atoms with E-state index in [2.05, 4.69) is 10.6 Å². The Hall–Kier alpha value is -3.06. The van der Waals surface area contributed by atoms with Crippen molar-refractivity contribution in [3.05, 3.63) is 71.8 Å². The number of carbonyl (C=O) groups excluding carboxylic acids is 2. The molecule has 2 rings (SSSR count). The quantitative estimate of drug-likeness (QED) is 0.620. The Kier molecular flexibility index (Phi) is 8.68. The standard InChI is InChI=1S/C23H30N2O5/c1-23(2,3)30-22(27)24-19(18-13-9-6-10-14-18)15-20(28-4)25-21(26)29-16-17-11-7-5-8-12-17/h5-14,19-20H,15-16H2,1-4H3,(H,24,27)(H,25,26)/t19-,20?/m0/s1. The normalized spacial score (nSPS) is 13.1. The Morgan fingerprint density at radius 3 is 2.07 bits per heavy atom. The molecule has 1 unspecified atom stereocenters. The first kappa shape index (κ1) is 23.2. The molecule has 0 bridgehead atoms. The van der Waals surface area contributed by atoms with E-state index in [0.717, 1.165) is 11.1 Å². The molecule has 0 saturated carbocycles. The third-order valence-electron chi connectivity index (χ3n) is 4.12. The van der Waals surface area contributed by atoms with Crippen LogP contribution in [0.1, 0.15) is 44.4 Å². The number of hydrogen-bond acceptors (Lipinski definition) is 5. The van der Waals surface area contributed by atoms with Crippen LogP contribution >= 0.6 is 0 Å². The zero-order valence-corrected chi connectivity index (χ0v) is 17.9. The zero-order chi connectivity index (χ0) is 22.0. The smallest absolute Gasteiger partial charge is 0.409 e. The van der Waals surface area contributed by atoms with Crippen LogP contribution < -0.4 is 10.6 Å². The van der Waals surface area contributed by atoms with Gasteiger partial charge in [-0.3, -0.25) is 5.32 Å². The van der Waals surface area contributed by atoms with Gasteiger partial charge in [0.2, 0.25) is 0 Å². The summed E-state index contributed by atoms with van der Waals surface area (Å²) in [4.78, 5) is 24.5. The Balaban J connectivity index is 1.99. The maximum atomic E-state index is 12.3. The lowest BCUT2D eigenvalue weighted by atomic mass is 10.0. The molecule has 0 heterocycles. The summed E-state index contributed by atoms with van der Waals surface area (Å²) in [6.45, 7) is 5.55. The molecule has 2 aromatic carbocycles. The predicted octanol–water partition coefficient (Wildman–Crippen LogP) is 4.54. The molecule has 0 aliphatic heterocycles. The second kappa shape index (κ2) is 11.2. The van der Waals surface area contributed by atoms with E-state index < -0.39 is 30.1 Å². The van der Waals surface area contributed by atoms with Crippen molar-refractivity contribution in [3.63, 3.8) is 0 Å². The van der Waals surface area contributed by atoms with E-state index in [1.165, 1.54) is 7.11 Å². The predicted molar refractivity (Wildman–Crippen MR) is 114 cm³/mol. The van der Waals surface area contributed by atoms with Crippen LogP contribution in [0.4, 0.5) is 9.59 Å². The first-order valence-corrected chi connectivity index (χ1v) is 9.81. The van der Waals surface area contributed by atoms with Gasteiger partial charge in [0.1, 0.15) is 18.4 Å². The molecule has 0 spiro atoms. The van der Waals surface area contributed by atoms with Crippen molar-refractivity contribution in [2.75, 3.05) is 7.11 Å². The molecular formula is C23H30N2O5. The van der Waals surface area contributed by atoms with Crippen LogP contribution in [0.15, 0.2) is 60.7 Å². The first-order chi connectivity index (χ1) is 14.3. The molecule has 0 aliphatic rings. The first-order valence-electron chi connectivity index (χ1n) is 9.81. The number of alkyl carbamates (subject to hydrolysis) is 2. The summed E-state index contributed by atoms with van der Waals surface area (Å²) in [6.07, 6.45) is -1.53. The van der Waals surface area contributed by atoms with Gasteiger partial charge in [-0.15, -0.1) is 0 Å². The van der Waals surface area contributed by atoms with Crippen molar-refractivity contribution in [1.82, 2.24) is 10.6 Å². The van der Waals surface area contributed by atoms with Gasteiger partial charge in [0.05, 0.1) is 6.04 Å². The molecule has 2 N–H and O–H groups in total. The molecule has 0 radical (unpaired) electrons. The number of hydrogen-bond donors (Lipinski definition) is 2. The molecular weight excluding hydrogens is 384 g/mol. The summed E-state index contributed by atoms with van der Waals surface area (Å²) >= 11 is 0. The number of ether oxygens (including phenoxy) is 3. The van der Waals surface area contributed by atoms with Crippen LogP contribution in [0.2, 0.25) is 0 Å². The summed E-state index contributed by atoms with van der Waals surface area (Å²) in [5.74, 6) is 0. The van der Waals surface area contributed by atoms with Crippen LogP contribution in [-0.4, -0.2) is 31.1 Å². The molecule has 0 aliphatic carbocycles. The lowest BCUT2D eigenvalue weighted by Crippen LogP contribution is -2.41. The average Bonchev–Trinajstić information content (AvgIpc) is 2.71. The minimum atomic E-state index is -0.673. The fourth-order valence-corrected chi connectivity index (χ4v) is 2.74. The van der Waals surface area contributed by atoms with E-state index in [1.807, 2.05) is 60.7 Å².